The maximum absolute atomic E-state index is 12.8. The van der Waals surface area contributed by atoms with Gasteiger partial charge in [0, 0.05) is 0 Å². The largest absolute Gasteiger partial charge is 0.344 e. The van der Waals surface area contributed by atoms with Crippen molar-refractivity contribution in [3.05, 3.63) is 71.8 Å². The molecule has 4 nitrogen and oxygen atoms in total. The monoisotopic (exact) mass is 319 g/mol. The predicted molar refractivity (Wildman–Crippen MR) is 88.6 cm³/mol. The first-order valence-corrected chi connectivity index (χ1v) is 9.11. The van der Waals surface area contributed by atoms with Gasteiger partial charge < -0.3 is 14.4 Å². The summed E-state index contributed by atoms with van der Waals surface area (Å²) in [7, 11) is -3.18. The third kappa shape index (κ3) is 5.74. The summed E-state index contributed by atoms with van der Waals surface area (Å²) in [4.78, 5) is 0. The fraction of sp³-hybridized carbons (Fsp3) is 0.294. The molecule has 5 heteroatoms. The third-order valence-electron chi connectivity index (χ3n) is 3.10. The lowest BCUT2D eigenvalue weighted by molar-refractivity contribution is 0.189. The molecule has 2 rings (SSSR count). The van der Waals surface area contributed by atoms with Crippen LogP contribution in [0.3, 0.4) is 0 Å². The molecular weight excluding hydrogens is 297 g/mol. The van der Waals surface area contributed by atoms with Crippen LogP contribution in [-0.2, 0) is 26.8 Å². The average molecular weight is 319 g/mol. The molecule has 0 aliphatic heterocycles. The first-order chi connectivity index (χ1) is 10.7. The molecule has 2 aromatic rings. The van der Waals surface area contributed by atoms with Gasteiger partial charge in [-0.3, -0.25) is 4.57 Å². The Morgan fingerprint density at radius 3 is 1.73 bits per heavy atom. The fourth-order valence-electron chi connectivity index (χ4n) is 1.87. The molecule has 0 aliphatic carbocycles. The van der Waals surface area contributed by atoms with Crippen LogP contribution in [-0.4, -0.2) is 12.8 Å². The van der Waals surface area contributed by atoms with Crippen molar-refractivity contribution in [3.8, 4) is 0 Å². The zero-order chi connectivity index (χ0) is 15.7. The van der Waals surface area contributed by atoms with Gasteiger partial charge in [0.25, 0.3) is 0 Å². The van der Waals surface area contributed by atoms with Gasteiger partial charge in [-0.15, -0.1) is 0 Å². The van der Waals surface area contributed by atoms with Gasteiger partial charge in [-0.05, 0) is 17.7 Å². The summed E-state index contributed by atoms with van der Waals surface area (Å²) in [5.41, 5.74) is 1.95. The van der Waals surface area contributed by atoms with Gasteiger partial charge in [-0.1, -0.05) is 67.6 Å². The number of nitrogens with one attached hydrogen (secondary N) is 1. The Labute approximate surface area is 132 Å². The van der Waals surface area contributed by atoms with Crippen LogP contribution in [0.1, 0.15) is 18.1 Å². The lowest BCUT2D eigenvalue weighted by atomic mass is 10.2. The molecule has 0 heterocycles. The number of hydrogen-bond donors (Lipinski definition) is 1. The van der Waals surface area contributed by atoms with Crippen LogP contribution >= 0.6 is 7.60 Å². The molecule has 0 amide bonds. The molecule has 22 heavy (non-hydrogen) atoms. The number of rotatable bonds is 9. The third-order valence-corrected chi connectivity index (χ3v) is 4.75. The topological polar surface area (TPSA) is 47.6 Å². The number of hydrogen-bond acceptors (Lipinski definition) is 4. The van der Waals surface area contributed by atoms with Gasteiger partial charge in [0.2, 0.25) is 0 Å². The van der Waals surface area contributed by atoms with Crippen molar-refractivity contribution in [2.75, 3.05) is 12.8 Å². The molecule has 0 saturated carbocycles. The second-order valence-corrected chi connectivity index (χ2v) is 6.95. The van der Waals surface area contributed by atoms with Crippen molar-refractivity contribution in [2.45, 2.75) is 20.1 Å². The van der Waals surface area contributed by atoms with E-state index in [1.807, 2.05) is 67.6 Å². The van der Waals surface area contributed by atoms with E-state index in [1.54, 1.807) is 0 Å². The van der Waals surface area contributed by atoms with Crippen molar-refractivity contribution >= 4 is 7.60 Å². The van der Waals surface area contributed by atoms with E-state index in [2.05, 4.69) is 5.32 Å². The molecule has 0 bridgehead atoms. The van der Waals surface area contributed by atoms with Crippen LogP contribution < -0.4 is 5.32 Å². The van der Waals surface area contributed by atoms with Crippen molar-refractivity contribution in [1.29, 1.82) is 0 Å². The van der Waals surface area contributed by atoms with E-state index in [-0.39, 0.29) is 19.5 Å². The Kier molecular flexibility index (Phi) is 6.81. The molecule has 0 spiro atoms. The first-order valence-electron chi connectivity index (χ1n) is 7.38. The van der Waals surface area contributed by atoms with Crippen LogP contribution in [0.15, 0.2) is 60.7 Å². The van der Waals surface area contributed by atoms with Crippen molar-refractivity contribution in [1.82, 2.24) is 5.32 Å². The van der Waals surface area contributed by atoms with Gasteiger partial charge in [0.1, 0.15) is 0 Å². The molecule has 2 aromatic carbocycles. The second kappa shape index (κ2) is 8.86. The van der Waals surface area contributed by atoms with Crippen molar-refractivity contribution in [3.63, 3.8) is 0 Å². The van der Waals surface area contributed by atoms with E-state index < -0.39 is 7.60 Å². The summed E-state index contributed by atoms with van der Waals surface area (Å²) in [6.45, 7) is 3.22. The minimum absolute atomic E-state index is 0.211. The highest BCUT2D eigenvalue weighted by Crippen LogP contribution is 2.48. The molecule has 0 fully saturated rings. The normalized spacial score (nSPS) is 11.5. The van der Waals surface area contributed by atoms with Crippen LogP contribution in [0, 0.1) is 0 Å². The molecule has 118 valence electrons. The molecule has 0 unspecified atom stereocenters. The van der Waals surface area contributed by atoms with E-state index in [0.29, 0.717) is 6.54 Å². The maximum Gasteiger partial charge on any atom is 0.344 e. The van der Waals surface area contributed by atoms with Gasteiger partial charge in [0.15, 0.2) is 0 Å². The first kappa shape index (κ1) is 16.9. The summed E-state index contributed by atoms with van der Waals surface area (Å²) in [5, 5.41) is 3.05. The zero-order valence-electron chi connectivity index (χ0n) is 12.8. The highest BCUT2D eigenvalue weighted by molar-refractivity contribution is 7.53. The second-order valence-electron chi connectivity index (χ2n) is 4.89. The smallest absolute Gasteiger partial charge is 0.306 e. The maximum atomic E-state index is 12.8. The summed E-state index contributed by atoms with van der Waals surface area (Å²) >= 11 is 0. The Morgan fingerprint density at radius 2 is 1.32 bits per heavy atom. The summed E-state index contributed by atoms with van der Waals surface area (Å²) in [6, 6.07) is 19.4. The standard InChI is InChI=1S/C17H22NO3P/c1-2-18-15-22(19,20-13-16-9-5-3-6-10-16)21-14-17-11-7-4-8-12-17/h3-12,18H,2,13-15H2,1H3. The van der Waals surface area contributed by atoms with E-state index in [1.165, 1.54) is 0 Å². The predicted octanol–water partition coefficient (Wildman–Crippen LogP) is 4.18. The molecule has 0 aromatic heterocycles. The Bertz CT molecular complexity index is 542. The highest BCUT2D eigenvalue weighted by Gasteiger charge is 2.24. The van der Waals surface area contributed by atoms with Crippen LogP contribution in [0.5, 0.6) is 0 Å². The molecule has 0 aliphatic rings. The minimum atomic E-state index is -3.18. The summed E-state index contributed by atoms with van der Waals surface area (Å²) in [6.07, 6.45) is 0.211. The lowest BCUT2D eigenvalue weighted by Gasteiger charge is -2.19. The summed E-state index contributed by atoms with van der Waals surface area (Å²) < 4.78 is 24.0. The van der Waals surface area contributed by atoms with Gasteiger partial charge >= 0.3 is 7.60 Å². The molecular formula is C17H22NO3P. The van der Waals surface area contributed by atoms with Crippen LogP contribution in [0.2, 0.25) is 0 Å². The lowest BCUT2D eigenvalue weighted by Crippen LogP contribution is -2.17. The number of benzene rings is 2. The Balaban J connectivity index is 1.95. The van der Waals surface area contributed by atoms with E-state index in [0.717, 1.165) is 11.1 Å². The van der Waals surface area contributed by atoms with Crippen LogP contribution in [0.4, 0.5) is 0 Å². The summed E-state index contributed by atoms with van der Waals surface area (Å²) in [5.74, 6) is 0. The fourth-order valence-corrected chi connectivity index (χ4v) is 3.32. The van der Waals surface area contributed by atoms with Crippen LogP contribution in [0.25, 0.3) is 0 Å². The van der Waals surface area contributed by atoms with Gasteiger partial charge in [-0.25, -0.2) is 0 Å². The van der Waals surface area contributed by atoms with Crippen molar-refractivity contribution < 1.29 is 13.6 Å². The van der Waals surface area contributed by atoms with E-state index in [9.17, 15) is 4.57 Å². The molecule has 0 atom stereocenters. The molecule has 1 N–H and O–H groups in total. The van der Waals surface area contributed by atoms with E-state index in [4.69, 9.17) is 9.05 Å². The van der Waals surface area contributed by atoms with Crippen molar-refractivity contribution in [2.24, 2.45) is 0 Å². The molecule has 0 radical (unpaired) electrons. The van der Waals surface area contributed by atoms with Gasteiger partial charge in [0.05, 0.1) is 19.5 Å². The molecule has 0 saturated heterocycles. The van der Waals surface area contributed by atoms with E-state index >= 15 is 0 Å². The Hall–Kier alpha value is -1.45. The minimum Gasteiger partial charge on any atom is -0.306 e. The quantitative estimate of drug-likeness (QED) is 0.704. The highest BCUT2D eigenvalue weighted by atomic mass is 31.2. The SMILES string of the molecule is CCNCP(=O)(OCc1ccccc1)OCc1ccccc1. The average Bonchev–Trinajstić information content (AvgIpc) is 2.59. The zero-order valence-corrected chi connectivity index (χ0v) is 13.7. The van der Waals surface area contributed by atoms with Gasteiger partial charge in [-0.2, -0.15) is 0 Å². The Morgan fingerprint density at radius 1 is 0.864 bits per heavy atom.